The molecule has 1 aliphatic rings. The van der Waals surface area contributed by atoms with Crippen LogP contribution in [0.2, 0.25) is 5.02 Å². The number of rotatable bonds is 2. The third-order valence-electron chi connectivity index (χ3n) is 3.35. The van der Waals surface area contributed by atoms with Crippen molar-refractivity contribution in [1.29, 1.82) is 0 Å². The van der Waals surface area contributed by atoms with Gasteiger partial charge in [-0.3, -0.25) is 14.9 Å². The molecule has 116 valence electrons. The number of hydrogen-bond donors (Lipinski definition) is 0. The van der Waals surface area contributed by atoms with E-state index in [4.69, 9.17) is 16.4 Å². The predicted molar refractivity (Wildman–Crippen MR) is 79.8 cm³/mol. The molecule has 0 unspecified atom stereocenters. The number of nitro groups is 1. The Labute approximate surface area is 135 Å². The van der Waals surface area contributed by atoms with Crippen LogP contribution < -0.4 is 0 Å². The Hall–Kier alpha value is -2.93. The Balaban J connectivity index is 1.86. The summed E-state index contributed by atoms with van der Waals surface area (Å²) in [6, 6.07) is 9.73. The van der Waals surface area contributed by atoms with Crippen molar-refractivity contribution in [3.8, 4) is 0 Å². The van der Waals surface area contributed by atoms with E-state index in [1.807, 2.05) is 0 Å². The highest BCUT2D eigenvalue weighted by Crippen LogP contribution is 2.25. The zero-order valence-electron chi connectivity index (χ0n) is 11.6. The molecule has 0 fully saturated rings. The zero-order valence-corrected chi connectivity index (χ0v) is 12.3. The van der Waals surface area contributed by atoms with Crippen LogP contribution in [0.3, 0.4) is 0 Å². The second-order valence-corrected chi connectivity index (χ2v) is 5.26. The van der Waals surface area contributed by atoms with E-state index >= 15 is 0 Å². The standard InChI is InChI=1S/C15H9ClN2O5/c16-11-3-6-13-10(7-11)8-17(23-15(13)20)14(19)9-1-4-12(5-2-9)18(21)22/h1-7H,8H2. The summed E-state index contributed by atoms with van der Waals surface area (Å²) in [6.45, 7) is 0.0530. The lowest BCUT2D eigenvalue weighted by molar-refractivity contribution is -0.384. The Bertz CT molecular complexity index is 819. The molecule has 0 saturated heterocycles. The smallest absolute Gasteiger partial charge is 0.332 e. The minimum absolute atomic E-state index is 0.0530. The van der Waals surface area contributed by atoms with E-state index in [1.54, 1.807) is 12.1 Å². The first kappa shape index (κ1) is 15.0. The van der Waals surface area contributed by atoms with Crippen LogP contribution >= 0.6 is 11.6 Å². The second-order valence-electron chi connectivity index (χ2n) is 4.83. The number of hydroxylamine groups is 2. The van der Waals surface area contributed by atoms with E-state index in [9.17, 15) is 19.7 Å². The lowest BCUT2D eigenvalue weighted by Gasteiger charge is -2.26. The number of non-ortho nitro benzene ring substituents is 1. The average molecular weight is 333 g/mol. The molecule has 0 spiro atoms. The molecule has 2 aromatic rings. The van der Waals surface area contributed by atoms with Gasteiger partial charge in [-0.15, -0.1) is 0 Å². The Morgan fingerprint density at radius 2 is 1.91 bits per heavy atom. The number of amides is 1. The minimum atomic E-state index is -0.654. The molecular weight excluding hydrogens is 324 g/mol. The molecule has 1 aliphatic heterocycles. The molecule has 0 N–H and O–H groups in total. The van der Waals surface area contributed by atoms with Gasteiger partial charge in [-0.1, -0.05) is 11.6 Å². The van der Waals surface area contributed by atoms with Crippen LogP contribution in [-0.4, -0.2) is 21.9 Å². The van der Waals surface area contributed by atoms with Crippen molar-refractivity contribution in [3.63, 3.8) is 0 Å². The summed E-state index contributed by atoms with van der Waals surface area (Å²) in [4.78, 5) is 39.4. The topological polar surface area (TPSA) is 89.8 Å². The van der Waals surface area contributed by atoms with E-state index < -0.39 is 16.8 Å². The number of nitrogens with zero attached hydrogens (tertiary/aromatic N) is 2. The minimum Gasteiger partial charge on any atom is -0.332 e. The van der Waals surface area contributed by atoms with Gasteiger partial charge in [0.1, 0.15) is 0 Å². The van der Waals surface area contributed by atoms with E-state index in [-0.39, 0.29) is 17.8 Å². The highest BCUT2D eigenvalue weighted by Gasteiger charge is 2.29. The van der Waals surface area contributed by atoms with E-state index in [0.717, 1.165) is 5.06 Å². The van der Waals surface area contributed by atoms with Crippen molar-refractivity contribution in [1.82, 2.24) is 5.06 Å². The van der Waals surface area contributed by atoms with Gasteiger partial charge in [0.25, 0.3) is 11.6 Å². The number of hydrogen-bond acceptors (Lipinski definition) is 5. The van der Waals surface area contributed by atoms with Crippen LogP contribution in [0.1, 0.15) is 26.3 Å². The molecule has 0 saturated carbocycles. The monoisotopic (exact) mass is 332 g/mol. The van der Waals surface area contributed by atoms with Gasteiger partial charge < -0.3 is 4.84 Å². The molecule has 0 aromatic heterocycles. The lowest BCUT2D eigenvalue weighted by Crippen LogP contribution is -2.37. The fourth-order valence-electron chi connectivity index (χ4n) is 2.21. The summed E-state index contributed by atoms with van der Waals surface area (Å²) in [7, 11) is 0. The summed E-state index contributed by atoms with van der Waals surface area (Å²) in [5.41, 5.74) is 0.967. The molecule has 0 radical (unpaired) electrons. The van der Waals surface area contributed by atoms with Gasteiger partial charge in [0.2, 0.25) is 0 Å². The molecule has 0 bridgehead atoms. The zero-order chi connectivity index (χ0) is 16.6. The average Bonchev–Trinajstić information content (AvgIpc) is 2.53. The molecule has 0 atom stereocenters. The Kier molecular flexibility index (Phi) is 3.71. The molecule has 3 rings (SSSR count). The number of fused-ring (bicyclic) bond motifs is 1. The van der Waals surface area contributed by atoms with Gasteiger partial charge >= 0.3 is 5.97 Å². The molecule has 0 aliphatic carbocycles. The summed E-state index contributed by atoms with van der Waals surface area (Å²) in [5, 5.41) is 12.0. The quantitative estimate of drug-likeness (QED) is 0.623. The molecule has 2 aromatic carbocycles. The van der Waals surface area contributed by atoms with Crippen molar-refractivity contribution in [2.45, 2.75) is 6.54 Å². The first-order chi connectivity index (χ1) is 11.0. The molecule has 7 nitrogen and oxygen atoms in total. The normalized spacial score (nSPS) is 13.3. The van der Waals surface area contributed by atoms with Crippen LogP contribution in [-0.2, 0) is 11.4 Å². The molecule has 23 heavy (non-hydrogen) atoms. The number of nitro benzene ring substituents is 1. The van der Waals surface area contributed by atoms with Crippen LogP contribution in [0.4, 0.5) is 5.69 Å². The molecule has 1 heterocycles. The van der Waals surface area contributed by atoms with Crippen molar-refractivity contribution >= 4 is 29.2 Å². The number of carbonyl (C=O) groups is 2. The molecular formula is C15H9ClN2O5. The van der Waals surface area contributed by atoms with Gasteiger partial charge in [-0.05, 0) is 35.9 Å². The highest BCUT2D eigenvalue weighted by atomic mass is 35.5. The Morgan fingerprint density at radius 3 is 2.57 bits per heavy atom. The second kappa shape index (κ2) is 5.69. The van der Waals surface area contributed by atoms with E-state index in [2.05, 4.69) is 0 Å². The third-order valence-corrected chi connectivity index (χ3v) is 3.58. The van der Waals surface area contributed by atoms with E-state index in [1.165, 1.54) is 30.3 Å². The Morgan fingerprint density at radius 1 is 1.22 bits per heavy atom. The SMILES string of the molecule is O=C1ON(C(=O)c2ccc([N+](=O)[O-])cc2)Cc2cc(Cl)ccc21. The van der Waals surface area contributed by atoms with Crippen molar-refractivity contribution in [2.75, 3.05) is 0 Å². The number of halogens is 1. The fraction of sp³-hybridized carbons (Fsp3) is 0.0667. The summed E-state index contributed by atoms with van der Waals surface area (Å²) < 4.78 is 0. The number of benzene rings is 2. The predicted octanol–water partition coefficient (Wildman–Crippen LogP) is 2.98. The highest BCUT2D eigenvalue weighted by molar-refractivity contribution is 6.30. The lowest BCUT2D eigenvalue weighted by atomic mass is 10.1. The maximum Gasteiger partial charge on any atom is 0.363 e. The van der Waals surface area contributed by atoms with Gasteiger partial charge in [-0.2, -0.15) is 5.06 Å². The first-order valence-corrected chi connectivity index (χ1v) is 6.90. The third kappa shape index (κ3) is 2.86. The largest absolute Gasteiger partial charge is 0.363 e. The van der Waals surface area contributed by atoms with Gasteiger partial charge in [0.15, 0.2) is 0 Å². The van der Waals surface area contributed by atoms with Crippen LogP contribution in [0.5, 0.6) is 0 Å². The van der Waals surface area contributed by atoms with Crippen LogP contribution in [0, 0.1) is 10.1 Å². The summed E-state index contributed by atoms with van der Waals surface area (Å²) in [5.74, 6) is -1.22. The van der Waals surface area contributed by atoms with Crippen molar-refractivity contribution in [3.05, 3.63) is 74.3 Å². The van der Waals surface area contributed by atoms with Crippen LogP contribution in [0.25, 0.3) is 0 Å². The molecule has 1 amide bonds. The molecule has 8 heteroatoms. The van der Waals surface area contributed by atoms with Gasteiger partial charge in [0, 0.05) is 22.7 Å². The summed E-state index contributed by atoms with van der Waals surface area (Å²) in [6.07, 6.45) is 0. The van der Waals surface area contributed by atoms with Gasteiger partial charge in [0.05, 0.1) is 17.0 Å². The maximum absolute atomic E-state index is 12.4. The fourth-order valence-corrected chi connectivity index (χ4v) is 2.41. The number of carbonyl (C=O) groups excluding carboxylic acids is 2. The van der Waals surface area contributed by atoms with Crippen molar-refractivity contribution < 1.29 is 19.3 Å². The first-order valence-electron chi connectivity index (χ1n) is 6.53. The maximum atomic E-state index is 12.4. The summed E-state index contributed by atoms with van der Waals surface area (Å²) >= 11 is 5.90. The van der Waals surface area contributed by atoms with Gasteiger partial charge in [-0.25, -0.2) is 4.79 Å². The van der Waals surface area contributed by atoms with E-state index in [0.29, 0.717) is 16.1 Å². The van der Waals surface area contributed by atoms with Crippen LogP contribution in [0.15, 0.2) is 42.5 Å². The van der Waals surface area contributed by atoms with Crippen molar-refractivity contribution in [2.24, 2.45) is 0 Å².